The fourth-order valence-corrected chi connectivity index (χ4v) is 2.48. The summed E-state index contributed by atoms with van der Waals surface area (Å²) in [5.41, 5.74) is 0.690. The molecule has 0 amide bonds. The molecule has 1 aliphatic heterocycles. The summed E-state index contributed by atoms with van der Waals surface area (Å²) in [5.74, 6) is 1.36. The molecular weight excluding hydrogens is 236 g/mol. The van der Waals surface area contributed by atoms with Crippen molar-refractivity contribution in [2.24, 2.45) is 16.7 Å². The van der Waals surface area contributed by atoms with Crippen molar-refractivity contribution in [3.63, 3.8) is 0 Å². The van der Waals surface area contributed by atoms with E-state index in [1.807, 2.05) is 6.08 Å². The largest absolute Gasteiger partial charge is 0.512 e. The van der Waals surface area contributed by atoms with E-state index in [9.17, 15) is 5.11 Å². The van der Waals surface area contributed by atoms with Crippen molar-refractivity contribution >= 4 is 0 Å². The van der Waals surface area contributed by atoms with Crippen LogP contribution in [0.3, 0.4) is 0 Å². The summed E-state index contributed by atoms with van der Waals surface area (Å²) in [6.45, 7) is 15.0. The molecule has 0 aromatic heterocycles. The molecule has 0 radical (unpaired) electrons. The Morgan fingerprint density at radius 3 is 2.21 bits per heavy atom. The van der Waals surface area contributed by atoms with Crippen molar-refractivity contribution in [1.82, 2.24) is 0 Å². The molecule has 2 heteroatoms. The molecule has 0 saturated carbocycles. The summed E-state index contributed by atoms with van der Waals surface area (Å²) in [4.78, 5) is 0. The standard InChI is InChI=1S/C17H26O2/c1-15(2,3)12-9-14-11(8-13(12)18)10-17(7,19-14)16(4,5)6/h8-10,12,18H,1-7H3. The second kappa shape index (κ2) is 3.91. The maximum Gasteiger partial charge on any atom is 0.130 e. The highest BCUT2D eigenvalue weighted by Crippen LogP contribution is 2.47. The molecule has 2 unspecified atom stereocenters. The van der Waals surface area contributed by atoms with Gasteiger partial charge in [-0.3, -0.25) is 0 Å². The van der Waals surface area contributed by atoms with Crippen LogP contribution >= 0.6 is 0 Å². The molecule has 1 N–H and O–H groups in total. The van der Waals surface area contributed by atoms with Gasteiger partial charge in [-0.25, -0.2) is 0 Å². The van der Waals surface area contributed by atoms with E-state index >= 15 is 0 Å². The van der Waals surface area contributed by atoms with Crippen LogP contribution in [0.25, 0.3) is 0 Å². The van der Waals surface area contributed by atoms with Gasteiger partial charge in [0.15, 0.2) is 0 Å². The first-order chi connectivity index (χ1) is 8.44. The Bertz CT molecular complexity index is 480. The molecule has 19 heavy (non-hydrogen) atoms. The van der Waals surface area contributed by atoms with Gasteiger partial charge < -0.3 is 9.84 Å². The lowest BCUT2D eigenvalue weighted by atomic mass is 9.76. The Labute approximate surface area is 116 Å². The smallest absolute Gasteiger partial charge is 0.130 e. The molecule has 0 aromatic carbocycles. The molecule has 2 atom stereocenters. The Hall–Kier alpha value is -1.18. The van der Waals surface area contributed by atoms with Gasteiger partial charge in [-0.2, -0.15) is 0 Å². The first-order valence-corrected chi connectivity index (χ1v) is 6.99. The molecule has 0 spiro atoms. The van der Waals surface area contributed by atoms with Gasteiger partial charge in [0.1, 0.15) is 17.1 Å². The van der Waals surface area contributed by atoms with Crippen molar-refractivity contribution in [3.8, 4) is 0 Å². The van der Waals surface area contributed by atoms with Gasteiger partial charge in [-0.15, -0.1) is 0 Å². The van der Waals surface area contributed by atoms with Gasteiger partial charge in [-0.1, -0.05) is 41.5 Å². The Kier molecular flexibility index (Phi) is 2.93. The van der Waals surface area contributed by atoms with Gasteiger partial charge in [0.25, 0.3) is 0 Å². The van der Waals surface area contributed by atoms with Gasteiger partial charge in [-0.05, 0) is 30.6 Å². The molecule has 2 aliphatic rings. The fourth-order valence-electron chi connectivity index (χ4n) is 2.48. The normalized spacial score (nSPS) is 31.1. The lowest BCUT2D eigenvalue weighted by molar-refractivity contribution is -0.0118. The minimum absolute atomic E-state index is 0.0107. The summed E-state index contributed by atoms with van der Waals surface area (Å²) in [6, 6.07) is 0. The number of hydrogen-bond donors (Lipinski definition) is 1. The molecule has 2 rings (SSSR count). The summed E-state index contributed by atoms with van der Waals surface area (Å²) in [6.07, 6.45) is 6.06. The molecular formula is C17H26O2. The van der Waals surface area contributed by atoms with E-state index < -0.39 is 0 Å². The first-order valence-electron chi connectivity index (χ1n) is 6.99. The summed E-state index contributed by atoms with van der Waals surface area (Å²) in [7, 11) is 0. The van der Waals surface area contributed by atoms with Crippen molar-refractivity contribution in [2.45, 2.75) is 54.1 Å². The first kappa shape index (κ1) is 14.2. The Morgan fingerprint density at radius 1 is 1.16 bits per heavy atom. The van der Waals surface area contributed by atoms with Gasteiger partial charge in [0.2, 0.25) is 0 Å². The highest BCUT2D eigenvalue weighted by Gasteiger charge is 2.45. The van der Waals surface area contributed by atoms with E-state index in [1.54, 1.807) is 0 Å². The monoisotopic (exact) mass is 262 g/mol. The molecule has 106 valence electrons. The zero-order valence-corrected chi connectivity index (χ0v) is 13.2. The zero-order chi connectivity index (χ0) is 14.6. The van der Waals surface area contributed by atoms with Crippen LogP contribution in [0.1, 0.15) is 48.5 Å². The van der Waals surface area contributed by atoms with E-state index in [4.69, 9.17) is 4.74 Å². The van der Waals surface area contributed by atoms with E-state index in [0.717, 1.165) is 11.3 Å². The minimum atomic E-state index is -0.322. The highest BCUT2D eigenvalue weighted by atomic mass is 16.5. The van der Waals surface area contributed by atoms with E-state index in [0.29, 0.717) is 5.76 Å². The van der Waals surface area contributed by atoms with Crippen molar-refractivity contribution in [1.29, 1.82) is 0 Å². The SMILES string of the molecule is CC(C)(C)C1C=C2OC(C)(C(C)(C)C)C=C2C=C1O. The molecule has 1 heterocycles. The van der Waals surface area contributed by atoms with Crippen LogP contribution in [-0.2, 0) is 4.74 Å². The van der Waals surface area contributed by atoms with Crippen molar-refractivity contribution < 1.29 is 9.84 Å². The maximum atomic E-state index is 10.2. The number of aliphatic hydroxyl groups excluding tert-OH is 1. The fraction of sp³-hybridized carbons (Fsp3) is 0.647. The van der Waals surface area contributed by atoms with Gasteiger partial charge >= 0.3 is 0 Å². The third kappa shape index (κ3) is 2.33. The number of allylic oxidation sites excluding steroid dienone is 2. The third-order valence-corrected chi connectivity index (χ3v) is 4.40. The lowest BCUT2D eigenvalue weighted by Gasteiger charge is -2.37. The number of rotatable bonds is 0. The molecule has 0 saturated heterocycles. The summed E-state index contributed by atoms with van der Waals surface area (Å²) >= 11 is 0. The van der Waals surface area contributed by atoms with Crippen LogP contribution < -0.4 is 0 Å². The third-order valence-electron chi connectivity index (χ3n) is 4.40. The number of fused-ring (bicyclic) bond motifs is 1. The lowest BCUT2D eigenvalue weighted by Crippen LogP contribution is -2.38. The molecule has 0 aromatic rings. The summed E-state index contributed by atoms with van der Waals surface area (Å²) < 4.78 is 6.20. The van der Waals surface area contributed by atoms with Crippen LogP contribution in [0.4, 0.5) is 0 Å². The second-order valence-electron chi connectivity index (χ2n) is 8.00. The average molecular weight is 262 g/mol. The topological polar surface area (TPSA) is 29.5 Å². The minimum Gasteiger partial charge on any atom is -0.512 e. The van der Waals surface area contributed by atoms with E-state index in [1.165, 1.54) is 0 Å². The molecule has 0 fully saturated rings. The summed E-state index contributed by atoms with van der Waals surface area (Å²) in [5, 5.41) is 10.2. The molecule has 1 aliphatic carbocycles. The highest BCUT2D eigenvalue weighted by molar-refractivity contribution is 5.48. The second-order valence-corrected chi connectivity index (χ2v) is 8.00. The van der Waals surface area contributed by atoms with E-state index in [2.05, 4.69) is 60.6 Å². The van der Waals surface area contributed by atoms with Crippen LogP contribution in [0.15, 0.2) is 35.3 Å². The van der Waals surface area contributed by atoms with Crippen molar-refractivity contribution in [2.75, 3.05) is 0 Å². The van der Waals surface area contributed by atoms with Gasteiger partial charge in [0.05, 0.1) is 0 Å². The van der Waals surface area contributed by atoms with Crippen LogP contribution in [-0.4, -0.2) is 10.7 Å². The van der Waals surface area contributed by atoms with Crippen LogP contribution in [0.5, 0.6) is 0 Å². The predicted molar refractivity (Wildman–Crippen MR) is 78.8 cm³/mol. The zero-order valence-electron chi connectivity index (χ0n) is 13.2. The molecule has 2 nitrogen and oxygen atoms in total. The Morgan fingerprint density at radius 2 is 1.74 bits per heavy atom. The van der Waals surface area contributed by atoms with Crippen molar-refractivity contribution in [3.05, 3.63) is 35.3 Å². The number of ether oxygens (including phenoxy) is 1. The quantitative estimate of drug-likeness (QED) is 0.682. The number of aliphatic hydroxyl groups is 1. The van der Waals surface area contributed by atoms with Gasteiger partial charge in [0, 0.05) is 16.9 Å². The van der Waals surface area contributed by atoms with Crippen LogP contribution in [0.2, 0.25) is 0 Å². The average Bonchev–Trinajstić information content (AvgIpc) is 2.51. The molecule has 0 bridgehead atoms. The number of hydrogen-bond acceptors (Lipinski definition) is 2. The predicted octanol–water partition coefficient (Wildman–Crippen LogP) is 4.75. The van der Waals surface area contributed by atoms with Crippen LogP contribution in [0, 0.1) is 16.7 Å². The van der Waals surface area contributed by atoms with E-state index in [-0.39, 0.29) is 22.3 Å². The maximum absolute atomic E-state index is 10.2. The Balaban J connectivity index is 2.41.